The first kappa shape index (κ1) is 11.3. The van der Waals surface area contributed by atoms with Gasteiger partial charge >= 0.3 is 5.69 Å². The molecule has 0 spiro atoms. The predicted molar refractivity (Wildman–Crippen MR) is 71.0 cm³/mol. The van der Waals surface area contributed by atoms with Gasteiger partial charge in [0.1, 0.15) is 5.82 Å². The largest absolute Gasteiger partial charge is 0.348 e. The fraction of sp³-hybridized carbons (Fsp3) is 0.214. The molecule has 0 bridgehead atoms. The van der Waals surface area contributed by atoms with Crippen LogP contribution in [0.1, 0.15) is 17.7 Å². The molecular formula is C14H11FN4O. The fourth-order valence-electron chi connectivity index (χ4n) is 2.72. The van der Waals surface area contributed by atoms with E-state index >= 15 is 0 Å². The number of rotatable bonds is 1. The van der Waals surface area contributed by atoms with Crippen molar-refractivity contribution in [1.29, 1.82) is 0 Å². The SMILES string of the molecule is O=c1[nH]c2c(c3nc(-c4ccccc4F)nn13)CCC2. The zero-order valence-corrected chi connectivity index (χ0v) is 10.6. The molecule has 6 heteroatoms. The summed E-state index contributed by atoms with van der Waals surface area (Å²) in [5.74, 6) is -0.148. The molecule has 0 unspecified atom stereocenters. The second-order valence-corrected chi connectivity index (χ2v) is 4.89. The van der Waals surface area contributed by atoms with Gasteiger partial charge < -0.3 is 4.98 Å². The number of nitrogens with one attached hydrogen (secondary N) is 1. The third kappa shape index (κ3) is 1.51. The Hall–Kier alpha value is -2.50. The molecule has 0 amide bonds. The minimum Gasteiger partial charge on any atom is -0.309 e. The Labute approximate surface area is 113 Å². The molecule has 0 aliphatic heterocycles. The van der Waals surface area contributed by atoms with Crippen LogP contribution in [-0.2, 0) is 12.8 Å². The third-order valence-electron chi connectivity index (χ3n) is 3.66. The molecule has 1 N–H and O–H groups in total. The summed E-state index contributed by atoms with van der Waals surface area (Å²) in [6.07, 6.45) is 2.71. The van der Waals surface area contributed by atoms with Crippen LogP contribution >= 0.6 is 0 Å². The number of aromatic nitrogens is 4. The van der Waals surface area contributed by atoms with E-state index in [1.807, 2.05) is 0 Å². The Morgan fingerprint density at radius 1 is 1.25 bits per heavy atom. The summed E-state index contributed by atoms with van der Waals surface area (Å²) in [5.41, 5.74) is 2.47. The molecule has 1 aliphatic rings. The van der Waals surface area contributed by atoms with Crippen molar-refractivity contribution in [3.63, 3.8) is 0 Å². The summed E-state index contributed by atoms with van der Waals surface area (Å²) in [7, 11) is 0. The van der Waals surface area contributed by atoms with Crippen LogP contribution in [-0.4, -0.2) is 19.6 Å². The van der Waals surface area contributed by atoms with Gasteiger partial charge in [-0.1, -0.05) is 12.1 Å². The number of benzene rings is 1. The Morgan fingerprint density at radius 3 is 2.95 bits per heavy atom. The van der Waals surface area contributed by atoms with E-state index in [1.165, 1.54) is 10.6 Å². The summed E-state index contributed by atoms with van der Waals surface area (Å²) < 4.78 is 15.0. The molecule has 1 aromatic carbocycles. The lowest BCUT2D eigenvalue weighted by Gasteiger charge is -1.98. The van der Waals surface area contributed by atoms with E-state index in [9.17, 15) is 9.18 Å². The maximum absolute atomic E-state index is 13.8. The molecule has 4 rings (SSSR count). The summed E-state index contributed by atoms with van der Waals surface area (Å²) >= 11 is 0. The topological polar surface area (TPSA) is 63.0 Å². The third-order valence-corrected chi connectivity index (χ3v) is 3.66. The lowest BCUT2D eigenvalue weighted by atomic mass is 10.2. The van der Waals surface area contributed by atoms with Gasteiger partial charge in [-0.2, -0.15) is 4.52 Å². The Balaban J connectivity index is 2.03. The van der Waals surface area contributed by atoms with Gasteiger partial charge in [-0.15, -0.1) is 5.10 Å². The average Bonchev–Trinajstić information content (AvgIpc) is 3.05. The molecule has 2 heterocycles. The van der Waals surface area contributed by atoms with E-state index in [2.05, 4.69) is 15.1 Å². The zero-order valence-electron chi connectivity index (χ0n) is 10.6. The first-order chi connectivity index (χ1) is 9.74. The molecule has 5 nitrogen and oxygen atoms in total. The van der Waals surface area contributed by atoms with Crippen LogP contribution < -0.4 is 5.69 Å². The fourth-order valence-corrected chi connectivity index (χ4v) is 2.72. The first-order valence-corrected chi connectivity index (χ1v) is 6.50. The van der Waals surface area contributed by atoms with Crippen molar-refractivity contribution >= 4 is 5.65 Å². The molecule has 20 heavy (non-hydrogen) atoms. The van der Waals surface area contributed by atoms with Crippen molar-refractivity contribution < 1.29 is 4.39 Å². The minimum absolute atomic E-state index is 0.244. The summed E-state index contributed by atoms with van der Waals surface area (Å²) in [6, 6.07) is 6.30. The molecule has 0 saturated carbocycles. The molecule has 100 valence electrons. The van der Waals surface area contributed by atoms with Gasteiger partial charge in [0.05, 0.1) is 5.56 Å². The summed E-state index contributed by atoms with van der Waals surface area (Å²) in [5, 5.41) is 4.14. The van der Waals surface area contributed by atoms with Gasteiger partial charge in [-0.25, -0.2) is 14.2 Å². The number of aryl methyl sites for hydroxylation is 2. The summed E-state index contributed by atoms with van der Waals surface area (Å²) in [4.78, 5) is 19.2. The van der Waals surface area contributed by atoms with E-state index in [4.69, 9.17) is 0 Å². The van der Waals surface area contributed by atoms with Crippen LogP contribution in [0.2, 0.25) is 0 Å². The van der Waals surface area contributed by atoms with Gasteiger partial charge in [0.25, 0.3) is 0 Å². The number of fused-ring (bicyclic) bond motifs is 3. The minimum atomic E-state index is -0.392. The highest BCUT2D eigenvalue weighted by Gasteiger charge is 2.20. The predicted octanol–water partition coefficient (Wildman–Crippen LogP) is 1.71. The van der Waals surface area contributed by atoms with E-state index in [0.29, 0.717) is 11.2 Å². The second-order valence-electron chi connectivity index (χ2n) is 4.89. The van der Waals surface area contributed by atoms with Crippen molar-refractivity contribution in [3.05, 3.63) is 51.8 Å². The molecule has 0 atom stereocenters. The van der Waals surface area contributed by atoms with Crippen molar-refractivity contribution in [2.75, 3.05) is 0 Å². The van der Waals surface area contributed by atoms with Crippen LogP contribution in [0.3, 0.4) is 0 Å². The maximum Gasteiger partial charge on any atom is 0.348 e. The number of halogens is 1. The number of hydrogen-bond acceptors (Lipinski definition) is 3. The molecule has 0 saturated heterocycles. The highest BCUT2D eigenvalue weighted by molar-refractivity contribution is 5.61. The Morgan fingerprint density at radius 2 is 2.10 bits per heavy atom. The highest BCUT2D eigenvalue weighted by atomic mass is 19.1. The molecule has 2 aromatic heterocycles. The van der Waals surface area contributed by atoms with Gasteiger partial charge in [0.2, 0.25) is 0 Å². The highest BCUT2D eigenvalue weighted by Crippen LogP contribution is 2.24. The van der Waals surface area contributed by atoms with Crippen LogP contribution in [0, 0.1) is 5.82 Å². The van der Waals surface area contributed by atoms with Crippen LogP contribution in [0.5, 0.6) is 0 Å². The van der Waals surface area contributed by atoms with Gasteiger partial charge in [-0.05, 0) is 31.4 Å². The standard InChI is InChI=1S/C14H11FN4O/c15-10-6-2-1-4-8(10)12-17-13-9-5-3-7-11(9)16-14(20)19(13)18-12/h1-2,4,6H,3,5,7H2,(H,16,20). The van der Waals surface area contributed by atoms with Crippen LogP contribution in [0.4, 0.5) is 4.39 Å². The second kappa shape index (κ2) is 4.00. The Bertz CT molecular complexity index is 881. The number of H-pyrrole nitrogens is 1. The quantitative estimate of drug-likeness (QED) is 0.732. The van der Waals surface area contributed by atoms with Gasteiger partial charge in [-0.3, -0.25) is 0 Å². The van der Waals surface area contributed by atoms with E-state index in [1.54, 1.807) is 18.2 Å². The zero-order chi connectivity index (χ0) is 13.7. The molecule has 0 radical (unpaired) electrons. The van der Waals surface area contributed by atoms with Crippen molar-refractivity contribution in [1.82, 2.24) is 19.6 Å². The summed E-state index contributed by atoms with van der Waals surface area (Å²) in [6.45, 7) is 0. The van der Waals surface area contributed by atoms with Crippen molar-refractivity contribution in [2.24, 2.45) is 0 Å². The maximum atomic E-state index is 13.8. The van der Waals surface area contributed by atoms with Gasteiger partial charge in [0, 0.05) is 11.3 Å². The normalized spacial score (nSPS) is 13.8. The van der Waals surface area contributed by atoms with Gasteiger partial charge in [0.15, 0.2) is 11.5 Å². The molecule has 1 aliphatic carbocycles. The number of aromatic amines is 1. The first-order valence-electron chi connectivity index (χ1n) is 6.50. The molecule has 3 aromatic rings. The smallest absolute Gasteiger partial charge is 0.309 e. The van der Waals surface area contributed by atoms with E-state index < -0.39 is 5.82 Å². The van der Waals surface area contributed by atoms with Crippen LogP contribution in [0.15, 0.2) is 29.1 Å². The van der Waals surface area contributed by atoms with Crippen molar-refractivity contribution in [2.45, 2.75) is 19.3 Å². The average molecular weight is 270 g/mol. The lowest BCUT2D eigenvalue weighted by molar-refractivity contribution is 0.630. The number of nitrogens with zero attached hydrogens (tertiary/aromatic N) is 3. The Kier molecular flexibility index (Phi) is 2.26. The van der Waals surface area contributed by atoms with E-state index in [0.717, 1.165) is 30.5 Å². The van der Waals surface area contributed by atoms with Crippen LogP contribution in [0.25, 0.3) is 17.0 Å². The lowest BCUT2D eigenvalue weighted by Crippen LogP contribution is -2.19. The monoisotopic (exact) mass is 270 g/mol. The van der Waals surface area contributed by atoms with Crippen molar-refractivity contribution in [3.8, 4) is 11.4 Å². The van der Waals surface area contributed by atoms with E-state index in [-0.39, 0.29) is 11.5 Å². The molecule has 0 fully saturated rings. The number of hydrogen-bond donors (Lipinski definition) is 1. The molecular weight excluding hydrogens is 259 g/mol.